The summed E-state index contributed by atoms with van der Waals surface area (Å²) in [5.74, 6) is 1.91. The highest BCUT2D eigenvalue weighted by molar-refractivity contribution is 9.10. The smallest absolute Gasteiger partial charge is 0.279 e. The van der Waals surface area contributed by atoms with Gasteiger partial charge in [0, 0.05) is 10.7 Å². The first-order chi connectivity index (χ1) is 12.6. The first-order valence-corrected chi connectivity index (χ1v) is 8.51. The third-order valence-corrected chi connectivity index (χ3v) is 4.08. The van der Waals surface area contributed by atoms with Crippen molar-refractivity contribution in [2.24, 2.45) is 0 Å². The minimum Gasteiger partial charge on any atom is -0.497 e. The van der Waals surface area contributed by atoms with Gasteiger partial charge in [-0.15, -0.1) is 0 Å². The fourth-order valence-electron chi connectivity index (χ4n) is 2.19. The molecule has 2 aromatic heterocycles. The lowest BCUT2D eigenvalue weighted by Gasteiger charge is -2.08. The lowest BCUT2D eigenvalue weighted by atomic mass is 10.2. The molecule has 0 saturated heterocycles. The van der Waals surface area contributed by atoms with Crippen LogP contribution in [0.2, 0.25) is 0 Å². The summed E-state index contributed by atoms with van der Waals surface area (Å²) < 4.78 is 16.8. The van der Waals surface area contributed by atoms with Crippen molar-refractivity contribution in [3.8, 4) is 11.5 Å². The standard InChI is InChI=1S/C18H16BrN3O4/c1-11-15(10-25-14-6-4-13(24-2)5-7-14)17(22-26-11)18(23)21-16-8-3-12(19)9-20-16/h3-9H,10H2,1-2H3,(H,20,21,23). The maximum absolute atomic E-state index is 12.5. The van der Waals surface area contributed by atoms with Gasteiger partial charge in [0.05, 0.1) is 12.7 Å². The summed E-state index contributed by atoms with van der Waals surface area (Å²) in [7, 11) is 1.60. The third kappa shape index (κ3) is 4.20. The van der Waals surface area contributed by atoms with Gasteiger partial charge in [-0.25, -0.2) is 4.98 Å². The monoisotopic (exact) mass is 417 g/mol. The van der Waals surface area contributed by atoms with Crippen LogP contribution in [0.25, 0.3) is 0 Å². The second-order valence-corrected chi connectivity index (χ2v) is 6.26. The molecule has 0 bridgehead atoms. The largest absolute Gasteiger partial charge is 0.497 e. The van der Waals surface area contributed by atoms with E-state index in [-0.39, 0.29) is 12.3 Å². The number of aromatic nitrogens is 2. The maximum Gasteiger partial charge on any atom is 0.279 e. The molecule has 0 aliphatic heterocycles. The Morgan fingerprint density at radius 2 is 1.92 bits per heavy atom. The topological polar surface area (TPSA) is 86.5 Å². The van der Waals surface area contributed by atoms with Crippen LogP contribution in [0.1, 0.15) is 21.8 Å². The number of halogens is 1. The number of pyridine rings is 1. The Morgan fingerprint density at radius 1 is 1.19 bits per heavy atom. The number of nitrogens with one attached hydrogen (secondary N) is 1. The van der Waals surface area contributed by atoms with Gasteiger partial charge < -0.3 is 19.3 Å². The zero-order chi connectivity index (χ0) is 18.5. The van der Waals surface area contributed by atoms with Gasteiger partial charge in [-0.05, 0) is 59.3 Å². The van der Waals surface area contributed by atoms with E-state index in [4.69, 9.17) is 14.0 Å². The lowest BCUT2D eigenvalue weighted by molar-refractivity contribution is 0.101. The molecular formula is C18H16BrN3O4. The molecule has 0 unspecified atom stereocenters. The number of carbonyl (C=O) groups excluding carboxylic acids is 1. The van der Waals surface area contributed by atoms with Gasteiger partial charge in [0.25, 0.3) is 5.91 Å². The number of hydrogen-bond acceptors (Lipinski definition) is 6. The van der Waals surface area contributed by atoms with Crippen LogP contribution in [0.4, 0.5) is 5.82 Å². The summed E-state index contributed by atoms with van der Waals surface area (Å²) in [5, 5.41) is 6.53. The maximum atomic E-state index is 12.5. The number of nitrogens with zero attached hydrogens (tertiary/aromatic N) is 2. The average molecular weight is 418 g/mol. The third-order valence-electron chi connectivity index (χ3n) is 3.61. The molecule has 1 aromatic carbocycles. The SMILES string of the molecule is COc1ccc(OCc2c(C(=O)Nc3ccc(Br)cn3)noc2C)cc1. The molecule has 0 radical (unpaired) electrons. The van der Waals surface area contributed by atoms with Crippen molar-refractivity contribution < 1.29 is 18.8 Å². The molecule has 26 heavy (non-hydrogen) atoms. The van der Waals surface area contributed by atoms with E-state index >= 15 is 0 Å². The van der Waals surface area contributed by atoms with E-state index in [2.05, 4.69) is 31.4 Å². The summed E-state index contributed by atoms with van der Waals surface area (Å²) in [6, 6.07) is 10.6. The molecule has 0 fully saturated rings. The highest BCUT2D eigenvalue weighted by Crippen LogP contribution is 2.21. The quantitative estimate of drug-likeness (QED) is 0.652. The molecule has 0 aliphatic carbocycles. The van der Waals surface area contributed by atoms with Crippen LogP contribution in [-0.4, -0.2) is 23.2 Å². The zero-order valence-corrected chi connectivity index (χ0v) is 15.7. The van der Waals surface area contributed by atoms with Crippen LogP contribution >= 0.6 is 15.9 Å². The van der Waals surface area contributed by atoms with Gasteiger partial charge in [0.1, 0.15) is 29.7 Å². The van der Waals surface area contributed by atoms with Gasteiger partial charge in [0.2, 0.25) is 0 Å². The van der Waals surface area contributed by atoms with Crippen molar-refractivity contribution in [2.75, 3.05) is 12.4 Å². The first-order valence-electron chi connectivity index (χ1n) is 7.71. The molecule has 1 amide bonds. The van der Waals surface area contributed by atoms with Crippen molar-refractivity contribution in [2.45, 2.75) is 13.5 Å². The van der Waals surface area contributed by atoms with Crippen LogP contribution in [0.15, 0.2) is 51.6 Å². The molecule has 7 nitrogen and oxygen atoms in total. The second-order valence-electron chi connectivity index (χ2n) is 5.35. The number of benzene rings is 1. The second kappa shape index (κ2) is 8.01. The molecule has 8 heteroatoms. The van der Waals surface area contributed by atoms with E-state index in [0.29, 0.717) is 22.9 Å². The molecule has 0 saturated carbocycles. The highest BCUT2D eigenvalue weighted by atomic mass is 79.9. The number of ether oxygens (including phenoxy) is 2. The molecule has 134 valence electrons. The van der Waals surface area contributed by atoms with E-state index in [1.165, 1.54) is 0 Å². The molecule has 3 aromatic rings. The fraction of sp³-hybridized carbons (Fsp3) is 0.167. The minimum atomic E-state index is -0.412. The Morgan fingerprint density at radius 3 is 2.58 bits per heavy atom. The van der Waals surface area contributed by atoms with Gasteiger partial charge in [-0.1, -0.05) is 5.16 Å². The van der Waals surface area contributed by atoms with Gasteiger partial charge >= 0.3 is 0 Å². The number of hydrogen-bond donors (Lipinski definition) is 1. The zero-order valence-electron chi connectivity index (χ0n) is 14.2. The van der Waals surface area contributed by atoms with Crippen LogP contribution in [0, 0.1) is 6.92 Å². The van der Waals surface area contributed by atoms with Crippen LogP contribution in [0.5, 0.6) is 11.5 Å². The normalized spacial score (nSPS) is 10.4. The fourth-order valence-corrected chi connectivity index (χ4v) is 2.43. The number of anilines is 1. The Balaban J connectivity index is 1.71. The molecule has 0 aliphatic rings. The van der Waals surface area contributed by atoms with Crippen molar-refractivity contribution in [3.63, 3.8) is 0 Å². The number of rotatable bonds is 6. The van der Waals surface area contributed by atoms with Crippen molar-refractivity contribution in [3.05, 3.63) is 64.1 Å². The van der Waals surface area contributed by atoms with Gasteiger partial charge in [-0.3, -0.25) is 4.79 Å². The van der Waals surface area contributed by atoms with Crippen molar-refractivity contribution >= 4 is 27.7 Å². The van der Waals surface area contributed by atoms with E-state index in [1.54, 1.807) is 56.6 Å². The van der Waals surface area contributed by atoms with Crippen LogP contribution in [-0.2, 0) is 6.61 Å². The van der Waals surface area contributed by atoms with E-state index < -0.39 is 5.91 Å². The Kier molecular flexibility index (Phi) is 5.52. The predicted molar refractivity (Wildman–Crippen MR) is 98.5 cm³/mol. The molecule has 0 spiro atoms. The number of methoxy groups -OCH3 is 1. The molecule has 1 N–H and O–H groups in total. The molecule has 3 rings (SSSR count). The number of amides is 1. The molecular weight excluding hydrogens is 402 g/mol. The predicted octanol–water partition coefficient (Wildman–Crippen LogP) is 3.98. The van der Waals surface area contributed by atoms with E-state index in [0.717, 1.165) is 10.2 Å². The van der Waals surface area contributed by atoms with Gasteiger partial charge in [-0.2, -0.15) is 0 Å². The van der Waals surface area contributed by atoms with Crippen LogP contribution < -0.4 is 14.8 Å². The van der Waals surface area contributed by atoms with Crippen molar-refractivity contribution in [1.82, 2.24) is 10.1 Å². The van der Waals surface area contributed by atoms with Gasteiger partial charge in [0.15, 0.2) is 5.69 Å². The summed E-state index contributed by atoms with van der Waals surface area (Å²) in [6.07, 6.45) is 1.59. The van der Waals surface area contributed by atoms with Crippen LogP contribution in [0.3, 0.4) is 0 Å². The summed E-state index contributed by atoms with van der Waals surface area (Å²) in [6.45, 7) is 1.88. The highest BCUT2D eigenvalue weighted by Gasteiger charge is 2.21. The molecule has 0 atom stereocenters. The Hall–Kier alpha value is -2.87. The van der Waals surface area contributed by atoms with E-state index in [1.807, 2.05) is 0 Å². The Bertz CT molecular complexity index is 892. The minimum absolute atomic E-state index is 0.151. The first kappa shape index (κ1) is 17.9. The van der Waals surface area contributed by atoms with E-state index in [9.17, 15) is 4.79 Å². The average Bonchev–Trinajstić information content (AvgIpc) is 3.03. The lowest BCUT2D eigenvalue weighted by Crippen LogP contribution is -2.16. The summed E-state index contributed by atoms with van der Waals surface area (Å²) in [5.41, 5.74) is 0.746. The number of carbonyl (C=O) groups is 1. The van der Waals surface area contributed by atoms with Crippen molar-refractivity contribution in [1.29, 1.82) is 0 Å². The number of aryl methyl sites for hydroxylation is 1. The molecule has 2 heterocycles. The Labute approximate surface area is 158 Å². The summed E-state index contributed by atoms with van der Waals surface area (Å²) in [4.78, 5) is 16.6. The summed E-state index contributed by atoms with van der Waals surface area (Å²) >= 11 is 3.30.